The van der Waals surface area contributed by atoms with Gasteiger partial charge in [0.1, 0.15) is 0 Å². The third kappa shape index (κ3) is 2.25. The van der Waals surface area contributed by atoms with Crippen molar-refractivity contribution < 1.29 is 9.90 Å². The summed E-state index contributed by atoms with van der Waals surface area (Å²) in [4.78, 5) is 12.8. The summed E-state index contributed by atoms with van der Waals surface area (Å²) in [5.41, 5.74) is 0. The summed E-state index contributed by atoms with van der Waals surface area (Å²) in [5.74, 6) is -0.331. The Morgan fingerprint density at radius 2 is 2.25 bits per heavy atom. The van der Waals surface area contributed by atoms with Gasteiger partial charge in [-0.2, -0.15) is 0 Å². The minimum Gasteiger partial charge on any atom is -0.391 e. The minimum atomic E-state index is -1.37. The van der Waals surface area contributed by atoms with Gasteiger partial charge in [-0.1, -0.05) is 23.2 Å². The van der Waals surface area contributed by atoms with E-state index < -0.39 is 10.4 Å². The maximum Gasteiger partial charge on any atom is 0.258 e. The van der Waals surface area contributed by atoms with Crippen molar-refractivity contribution in [3.63, 3.8) is 0 Å². The fourth-order valence-corrected chi connectivity index (χ4v) is 1.44. The maximum absolute atomic E-state index is 11.4. The molecule has 1 atom stereocenters. The van der Waals surface area contributed by atoms with E-state index in [0.717, 1.165) is 0 Å². The second-order valence-corrected chi connectivity index (χ2v) is 4.79. The van der Waals surface area contributed by atoms with Gasteiger partial charge in [0.25, 0.3) is 5.91 Å². The van der Waals surface area contributed by atoms with Crippen LogP contribution in [0.1, 0.15) is 13.3 Å². The fourth-order valence-electron chi connectivity index (χ4n) is 1.20. The van der Waals surface area contributed by atoms with E-state index in [2.05, 4.69) is 0 Å². The molecule has 1 heterocycles. The Hall–Kier alpha value is 0.01000. The number of alkyl halides is 2. The molecular weight excluding hydrogens is 201 g/mol. The largest absolute Gasteiger partial charge is 0.391 e. The molecule has 5 heteroatoms. The van der Waals surface area contributed by atoms with Gasteiger partial charge in [0.2, 0.25) is 0 Å². The zero-order valence-corrected chi connectivity index (χ0v) is 8.27. The van der Waals surface area contributed by atoms with Crippen LogP contribution in [0.4, 0.5) is 0 Å². The molecule has 70 valence electrons. The van der Waals surface area contributed by atoms with Crippen molar-refractivity contribution in [2.45, 2.75) is 23.8 Å². The lowest BCUT2D eigenvalue weighted by molar-refractivity contribution is -0.130. The summed E-state index contributed by atoms with van der Waals surface area (Å²) in [6.07, 6.45) is 0.180. The van der Waals surface area contributed by atoms with Crippen LogP contribution in [0.5, 0.6) is 0 Å². The van der Waals surface area contributed by atoms with Crippen LogP contribution in [0.3, 0.4) is 0 Å². The number of carbonyl (C=O) groups is 1. The Morgan fingerprint density at radius 3 is 2.58 bits per heavy atom. The molecule has 1 N–H and O–H groups in total. The lowest BCUT2D eigenvalue weighted by atomic mass is 10.3. The van der Waals surface area contributed by atoms with Gasteiger partial charge in [0.15, 0.2) is 4.33 Å². The second kappa shape index (κ2) is 3.40. The van der Waals surface area contributed by atoms with Crippen molar-refractivity contribution in [1.29, 1.82) is 0 Å². The monoisotopic (exact) mass is 211 g/mol. The number of likely N-dealkylation sites (tertiary alicyclic amines) is 1. The topological polar surface area (TPSA) is 40.5 Å². The molecule has 1 rings (SSSR count). The van der Waals surface area contributed by atoms with E-state index in [1.165, 1.54) is 11.8 Å². The van der Waals surface area contributed by atoms with E-state index in [4.69, 9.17) is 28.3 Å². The van der Waals surface area contributed by atoms with Crippen molar-refractivity contribution >= 4 is 29.1 Å². The summed E-state index contributed by atoms with van der Waals surface area (Å²) >= 11 is 11.2. The van der Waals surface area contributed by atoms with Crippen molar-refractivity contribution in [2.75, 3.05) is 13.1 Å². The summed E-state index contributed by atoms with van der Waals surface area (Å²) in [7, 11) is 0. The van der Waals surface area contributed by atoms with E-state index in [-0.39, 0.29) is 5.91 Å². The molecule has 1 aliphatic heterocycles. The summed E-state index contributed by atoms with van der Waals surface area (Å²) in [6.45, 7) is 2.31. The zero-order chi connectivity index (χ0) is 9.35. The molecule has 0 aromatic heterocycles. The number of β-amino-alcohol motifs (C(OH)–C–C–N with tert-alkyl or cyclic N) is 1. The molecule has 1 aliphatic rings. The first-order valence-corrected chi connectivity index (χ1v) is 4.52. The molecule has 1 fully saturated rings. The standard InChI is InChI=1S/C7H11Cl2NO2/c1-7(8,9)6(12)10-3-2-5(11)4-10/h5,11H,2-4H2,1H3/t5-/m0/s1. The number of hydrogen-bond donors (Lipinski definition) is 1. The van der Waals surface area contributed by atoms with Crippen LogP contribution in [0.2, 0.25) is 0 Å². The van der Waals surface area contributed by atoms with E-state index >= 15 is 0 Å². The first kappa shape index (κ1) is 10.1. The molecule has 0 unspecified atom stereocenters. The quantitative estimate of drug-likeness (QED) is 0.652. The number of aliphatic hydroxyl groups is 1. The van der Waals surface area contributed by atoms with Crippen molar-refractivity contribution in [1.82, 2.24) is 4.90 Å². The fraction of sp³-hybridized carbons (Fsp3) is 0.857. The predicted octanol–water partition coefficient (Wildman–Crippen LogP) is 0.773. The third-order valence-electron chi connectivity index (χ3n) is 1.83. The molecule has 1 saturated heterocycles. The highest BCUT2D eigenvalue weighted by atomic mass is 35.5. The Labute approximate surface area is 81.2 Å². The Morgan fingerprint density at radius 1 is 1.67 bits per heavy atom. The molecule has 1 amide bonds. The average molecular weight is 212 g/mol. The molecular formula is C7H11Cl2NO2. The van der Waals surface area contributed by atoms with Gasteiger partial charge < -0.3 is 10.0 Å². The number of hydrogen-bond acceptors (Lipinski definition) is 2. The first-order valence-electron chi connectivity index (χ1n) is 3.76. The zero-order valence-electron chi connectivity index (χ0n) is 6.76. The van der Waals surface area contributed by atoms with Crippen LogP contribution in [-0.4, -0.2) is 39.4 Å². The van der Waals surface area contributed by atoms with Crippen LogP contribution < -0.4 is 0 Å². The van der Waals surface area contributed by atoms with Gasteiger partial charge in [0.05, 0.1) is 6.10 Å². The van der Waals surface area contributed by atoms with E-state index in [9.17, 15) is 4.79 Å². The number of amides is 1. The van der Waals surface area contributed by atoms with Crippen molar-refractivity contribution in [3.05, 3.63) is 0 Å². The third-order valence-corrected chi connectivity index (χ3v) is 2.15. The molecule has 0 radical (unpaired) electrons. The molecule has 0 spiro atoms. The van der Waals surface area contributed by atoms with Gasteiger partial charge in [0, 0.05) is 13.1 Å². The van der Waals surface area contributed by atoms with Gasteiger partial charge in [-0.15, -0.1) is 0 Å². The second-order valence-electron chi connectivity index (χ2n) is 3.08. The number of halogens is 2. The van der Waals surface area contributed by atoms with Crippen LogP contribution in [0.25, 0.3) is 0 Å². The van der Waals surface area contributed by atoms with E-state index in [1.807, 2.05) is 0 Å². The number of aliphatic hydroxyl groups excluding tert-OH is 1. The normalized spacial score (nSPS) is 24.7. The van der Waals surface area contributed by atoms with Gasteiger partial charge in [-0.25, -0.2) is 0 Å². The van der Waals surface area contributed by atoms with E-state index in [0.29, 0.717) is 19.5 Å². The SMILES string of the molecule is CC(Cl)(Cl)C(=O)N1CC[C@H](O)C1. The molecule has 0 aromatic rings. The van der Waals surface area contributed by atoms with Crippen LogP contribution in [0.15, 0.2) is 0 Å². The summed E-state index contributed by atoms with van der Waals surface area (Å²) in [6, 6.07) is 0. The highest BCUT2D eigenvalue weighted by Crippen LogP contribution is 2.24. The van der Waals surface area contributed by atoms with E-state index in [1.54, 1.807) is 0 Å². The van der Waals surface area contributed by atoms with Crippen molar-refractivity contribution in [3.8, 4) is 0 Å². The van der Waals surface area contributed by atoms with Crippen LogP contribution in [-0.2, 0) is 4.79 Å². The smallest absolute Gasteiger partial charge is 0.258 e. The predicted molar refractivity (Wildman–Crippen MR) is 47.3 cm³/mol. The number of carbonyl (C=O) groups excluding carboxylic acids is 1. The lowest BCUT2D eigenvalue weighted by Crippen LogP contribution is -2.39. The van der Waals surface area contributed by atoms with Crippen molar-refractivity contribution in [2.24, 2.45) is 0 Å². The molecule has 12 heavy (non-hydrogen) atoms. The number of nitrogens with zero attached hydrogens (tertiary/aromatic N) is 1. The summed E-state index contributed by atoms with van der Waals surface area (Å²) in [5, 5.41) is 9.13. The summed E-state index contributed by atoms with van der Waals surface area (Å²) < 4.78 is -1.37. The van der Waals surface area contributed by atoms with Crippen LogP contribution >= 0.6 is 23.2 Å². The minimum absolute atomic E-state index is 0.331. The molecule has 0 bridgehead atoms. The molecule has 0 aliphatic carbocycles. The highest BCUT2D eigenvalue weighted by molar-refractivity contribution is 6.57. The van der Waals surface area contributed by atoms with Crippen LogP contribution in [0, 0.1) is 0 Å². The Bertz CT molecular complexity index is 190. The molecule has 0 saturated carbocycles. The first-order chi connectivity index (χ1) is 5.41. The number of rotatable bonds is 1. The molecule has 3 nitrogen and oxygen atoms in total. The highest BCUT2D eigenvalue weighted by Gasteiger charge is 2.35. The Kier molecular flexibility index (Phi) is 2.86. The lowest BCUT2D eigenvalue weighted by Gasteiger charge is -2.21. The van der Waals surface area contributed by atoms with Gasteiger partial charge >= 0.3 is 0 Å². The molecule has 0 aromatic carbocycles. The van der Waals surface area contributed by atoms with Gasteiger partial charge in [-0.3, -0.25) is 4.79 Å². The average Bonchev–Trinajstić information content (AvgIpc) is 2.32. The maximum atomic E-state index is 11.4. The van der Waals surface area contributed by atoms with Gasteiger partial charge in [-0.05, 0) is 13.3 Å². The Balaban J connectivity index is 2.55.